The third kappa shape index (κ3) is 3.36. The van der Waals surface area contributed by atoms with E-state index in [4.69, 9.17) is 0 Å². The van der Waals surface area contributed by atoms with Crippen LogP contribution in [0.1, 0.15) is 12.6 Å². The van der Waals surface area contributed by atoms with Crippen LogP contribution < -0.4 is 10.0 Å². The van der Waals surface area contributed by atoms with Crippen LogP contribution in [-0.2, 0) is 16.6 Å². The molecule has 0 aliphatic heterocycles. The van der Waals surface area contributed by atoms with E-state index in [1.54, 1.807) is 25.1 Å². The normalized spacial score (nSPS) is 11.4. The van der Waals surface area contributed by atoms with Gasteiger partial charge in [-0.15, -0.1) is 0 Å². The summed E-state index contributed by atoms with van der Waals surface area (Å²) >= 11 is 0. The highest BCUT2D eigenvalue weighted by Crippen LogP contribution is 2.21. The first kappa shape index (κ1) is 13.6. The topological polar surface area (TPSA) is 74.0 Å². The number of hydrogen-bond donors (Lipinski definition) is 3. The molecule has 1 aromatic heterocycles. The second-order valence-corrected chi connectivity index (χ2v) is 5.78. The molecule has 1 aromatic carbocycles. The van der Waals surface area contributed by atoms with Gasteiger partial charge in [-0.1, -0.05) is 19.1 Å². The summed E-state index contributed by atoms with van der Waals surface area (Å²) in [6.07, 6.45) is 1.83. The number of sulfonamides is 1. The minimum atomic E-state index is -3.45. The summed E-state index contributed by atoms with van der Waals surface area (Å²) in [4.78, 5) is 3.33. The van der Waals surface area contributed by atoms with Crippen LogP contribution >= 0.6 is 0 Å². The molecule has 0 amide bonds. The number of hydrogen-bond acceptors (Lipinski definition) is 3. The van der Waals surface area contributed by atoms with Crippen molar-refractivity contribution in [2.45, 2.75) is 18.4 Å². The van der Waals surface area contributed by atoms with Gasteiger partial charge >= 0.3 is 0 Å². The smallest absolute Gasteiger partial charge is 0.242 e. The average molecular weight is 279 g/mol. The third-order valence-corrected chi connectivity index (χ3v) is 4.25. The molecular weight excluding hydrogens is 262 g/mol. The maximum atomic E-state index is 12.1. The predicted octanol–water partition coefficient (Wildman–Crippen LogP) is 1.92. The number of anilines is 1. The van der Waals surface area contributed by atoms with Gasteiger partial charge in [0.05, 0.1) is 12.2 Å². The molecule has 0 saturated carbocycles. The Morgan fingerprint density at radius 1 is 1.16 bits per heavy atom. The van der Waals surface area contributed by atoms with Crippen molar-refractivity contribution in [2.75, 3.05) is 11.9 Å². The Balaban J connectivity index is 2.21. The van der Waals surface area contributed by atoms with Crippen molar-refractivity contribution in [1.29, 1.82) is 0 Å². The summed E-state index contributed by atoms with van der Waals surface area (Å²) in [5, 5.41) is 3.13. The van der Waals surface area contributed by atoms with E-state index in [0.29, 0.717) is 18.8 Å². The zero-order chi connectivity index (χ0) is 13.7. The maximum absolute atomic E-state index is 12.1. The van der Waals surface area contributed by atoms with Crippen LogP contribution in [0.5, 0.6) is 0 Å². The van der Waals surface area contributed by atoms with Gasteiger partial charge in [0.1, 0.15) is 4.90 Å². The number of benzene rings is 1. The van der Waals surface area contributed by atoms with Gasteiger partial charge in [0, 0.05) is 18.4 Å². The van der Waals surface area contributed by atoms with E-state index in [-0.39, 0.29) is 4.90 Å². The molecule has 2 rings (SSSR count). The van der Waals surface area contributed by atoms with Crippen molar-refractivity contribution in [3.8, 4) is 0 Å². The zero-order valence-electron chi connectivity index (χ0n) is 10.7. The van der Waals surface area contributed by atoms with Crippen LogP contribution in [-0.4, -0.2) is 19.9 Å². The van der Waals surface area contributed by atoms with Crippen molar-refractivity contribution < 1.29 is 8.42 Å². The van der Waals surface area contributed by atoms with E-state index in [1.165, 1.54) is 0 Å². The summed E-state index contributed by atoms with van der Waals surface area (Å²) in [6, 6.07) is 10.7. The fourth-order valence-electron chi connectivity index (χ4n) is 1.78. The van der Waals surface area contributed by atoms with Gasteiger partial charge in [-0.3, -0.25) is 0 Å². The van der Waals surface area contributed by atoms with Gasteiger partial charge in [0.25, 0.3) is 0 Å². The minimum Gasteiger partial charge on any atom is -0.378 e. The number of rotatable bonds is 6. The predicted molar refractivity (Wildman–Crippen MR) is 75.4 cm³/mol. The zero-order valence-corrected chi connectivity index (χ0v) is 11.5. The lowest BCUT2D eigenvalue weighted by molar-refractivity contribution is 0.584. The Bertz CT molecular complexity index is 621. The summed E-state index contributed by atoms with van der Waals surface area (Å²) in [5.74, 6) is 0. The van der Waals surface area contributed by atoms with Crippen LogP contribution in [0.15, 0.2) is 47.5 Å². The van der Waals surface area contributed by atoms with Crippen LogP contribution in [0.3, 0.4) is 0 Å². The molecule has 0 bridgehead atoms. The standard InChI is InChI=1S/C13H17N3O2S/c1-2-16-19(17,18)13-8-4-3-7-12(13)15-10-11-6-5-9-14-11/h3-9,14-16H,2,10H2,1H3. The molecule has 102 valence electrons. The summed E-state index contributed by atoms with van der Waals surface area (Å²) in [7, 11) is -3.45. The first-order valence-electron chi connectivity index (χ1n) is 6.08. The molecule has 6 heteroatoms. The van der Waals surface area contributed by atoms with Gasteiger partial charge in [-0.05, 0) is 24.3 Å². The maximum Gasteiger partial charge on any atom is 0.242 e. The van der Waals surface area contributed by atoms with E-state index >= 15 is 0 Å². The quantitative estimate of drug-likeness (QED) is 0.756. The molecule has 3 N–H and O–H groups in total. The highest BCUT2D eigenvalue weighted by atomic mass is 32.2. The molecule has 0 atom stereocenters. The van der Waals surface area contributed by atoms with Crippen molar-refractivity contribution in [3.05, 3.63) is 48.3 Å². The Hall–Kier alpha value is -1.79. The molecule has 0 spiro atoms. The van der Waals surface area contributed by atoms with Crippen LogP contribution in [0.2, 0.25) is 0 Å². The molecule has 0 fully saturated rings. The van der Waals surface area contributed by atoms with E-state index in [1.807, 2.05) is 24.4 Å². The van der Waals surface area contributed by atoms with Crippen LogP contribution in [0, 0.1) is 0 Å². The first-order valence-corrected chi connectivity index (χ1v) is 7.56. The molecule has 0 saturated heterocycles. The van der Waals surface area contributed by atoms with Gasteiger partial charge in [-0.25, -0.2) is 13.1 Å². The van der Waals surface area contributed by atoms with Gasteiger partial charge in [0.2, 0.25) is 10.0 Å². The lowest BCUT2D eigenvalue weighted by atomic mass is 10.3. The van der Waals surface area contributed by atoms with E-state index < -0.39 is 10.0 Å². The second kappa shape index (κ2) is 5.90. The largest absolute Gasteiger partial charge is 0.378 e. The lowest BCUT2D eigenvalue weighted by Gasteiger charge is -2.12. The third-order valence-electron chi connectivity index (χ3n) is 2.64. The van der Waals surface area contributed by atoms with Crippen molar-refractivity contribution in [3.63, 3.8) is 0 Å². The molecule has 2 aromatic rings. The van der Waals surface area contributed by atoms with Gasteiger partial charge < -0.3 is 10.3 Å². The molecular formula is C13H17N3O2S. The van der Waals surface area contributed by atoms with Gasteiger partial charge in [0.15, 0.2) is 0 Å². The average Bonchev–Trinajstić information content (AvgIpc) is 2.90. The van der Waals surface area contributed by atoms with E-state index in [9.17, 15) is 8.42 Å². The summed E-state index contributed by atoms with van der Waals surface area (Å²) in [6.45, 7) is 2.67. The number of aromatic nitrogens is 1. The fraction of sp³-hybridized carbons (Fsp3) is 0.231. The highest BCUT2D eigenvalue weighted by Gasteiger charge is 2.16. The Kier molecular flexibility index (Phi) is 4.24. The van der Waals surface area contributed by atoms with Crippen molar-refractivity contribution >= 4 is 15.7 Å². The molecule has 1 heterocycles. The Morgan fingerprint density at radius 3 is 2.63 bits per heavy atom. The van der Waals surface area contributed by atoms with Crippen LogP contribution in [0.4, 0.5) is 5.69 Å². The highest BCUT2D eigenvalue weighted by molar-refractivity contribution is 7.89. The van der Waals surface area contributed by atoms with E-state index in [0.717, 1.165) is 5.69 Å². The summed E-state index contributed by atoms with van der Waals surface area (Å²) in [5.41, 5.74) is 1.59. The van der Waals surface area contributed by atoms with E-state index in [2.05, 4.69) is 15.0 Å². The SMILES string of the molecule is CCNS(=O)(=O)c1ccccc1NCc1ccc[nH]1. The number of aromatic amines is 1. The van der Waals surface area contributed by atoms with Crippen molar-refractivity contribution in [2.24, 2.45) is 0 Å². The molecule has 0 radical (unpaired) electrons. The molecule has 19 heavy (non-hydrogen) atoms. The Morgan fingerprint density at radius 2 is 1.95 bits per heavy atom. The molecule has 0 unspecified atom stereocenters. The fourth-order valence-corrected chi connectivity index (χ4v) is 3.01. The Labute approximate surface area is 113 Å². The lowest BCUT2D eigenvalue weighted by Crippen LogP contribution is -2.24. The first-order chi connectivity index (χ1) is 9.13. The summed E-state index contributed by atoms with van der Waals surface area (Å²) < 4.78 is 26.6. The molecule has 0 aliphatic carbocycles. The second-order valence-electron chi connectivity index (χ2n) is 4.05. The van der Waals surface area contributed by atoms with Crippen molar-refractivity contribution in [1.82, 2.24) is 9.71 Å². The number of H-pyrrole nitrogens is 1. The number of para-hydroxylation sites is 1. The molecule has 0 aliphatic rings. The monoisotopic (exact) mass is 279 g/mol. The molecule has 5 nitrogen and oxygen atoms in total. The minimum absolute atomic E-state index is 0.267. The van der Waals surface area contributed by atoms with Gasteiger partial charge in [-0.2, -0.15) is 0 Å². The number of nitrogens with one attached hydrogen (secondary N) is 3. The van der Waals surface area contributed by atoms with Crippen LogP contribution in [0.25, 0.3) is 0 Å².